The average molecular weight is 511 g/mol. The van der Waals surface area contributed by atoms with Gasteiger partial charge in [0.2, 0.25) is 11.8 Å². The molecule has 3 rings (SSSR count). The molecule has 11 heteroatoms. The van der Waals surface area contributed by atoms with Crippen molar-refractivity contribution in [1.82, 2.24) is 20.2 Å². The number of carbonyl (C=O) groups excluding carboxylic acids is 2. The standard InChI is InChI=1S/C25H24ClFN6O3/c1-4-10-36-22-13-20-17(25(30-15-29-20)31-16-7-8-19(27)18(26)11-16)12-21(22)32-24(35)14-28-23(34)6-5-9-33(2)3/h1,5-8,11-13,15H,9-10,14H2,2-3H3,(H,28,34)(H,32,35)(H,29,30,31)/b6-5+. The zero-order chi connectivity index (χ0) is 26.1. The molecular weight excluding hydrogens is 487 g/mol. The number of ether oxygens (including phenoxy) is 1. The lowest BCUT2D eigenvalue weighted by Gasteiger charge is -2.15. The lowest BCUT2D eigenvalue weighted by molar-refractivity contribution is -0.121. The largest absolute Gasteiger partial charge is 0.479 e. The molecular formula is C25H24ClFN6O3. The van der Waals surface area contributed by atoms with Crippen molar-refractivity contribution < 1.29 is 18.7 Å². The highest BCUT2D eigenvalue weighted by atomic mass is 35.5. The van der Waals surface area contributed by atoms with E-state index in [0.29, 0.717) is 40.4 Å². The highest BCUT2D eigenvalue weighted by Crippen LogP contribution is 2.33. The van der Waals surface area contributed by atoms with Crippen molar-refractivity contribution in [3.63, 3.8) is 0 Å². The van der Waals surface area contributed by atoms with Crippen LogP contribution in [0.25, 0.3) is 10.9 Å². The number of aromatic nitrogens is 2. The van der Waals surface area contributed by atoms with Crippen molar-refractivity contribution in [2.75, 3.05) is 44.4 Å². The molecule has 0 aliphatic rings. The van der Waals surface area contributed by atoms with Crippen LogP contribution in [0.15, 0.2) is 48.8 Å². The third-order valence-corrected chi connectivity index (χ3v) is 4.96. The molecule has 0 radical (unpaired) electrons. The molecule has 0 saturated carbocycles. The minimum atomic E-state index is -0.546. The van der Waals surface area contributed by atoms with Crippen LogP contribution in [0.5, 0.6) is 5.75 Å². The second kappa shape index (κ2) is 12.5. The van der Waals surface area contributed by atoms with Crippen molar-refractivity contribution in [3.8, 4) is 18.1 Å². The Hall–Kier alpha value is -4.20. The van der Waals surface area contributed by atoms with E-state index in [2.05, 4.69) is 31.8 Å². The number of carbonyl (C=O) groups is 2. The first-order chi connectivity index (χ1) is 17.3. The molecule has 36 heavy (non-hydrogen) atoms. The second-order valence-corrected chi connectivity index (χ2v) is 8.17. The van der Waals surface area contributed by atoms with Gasteiger partial charge in [-0.1, -0.05) is 23.6 Å². The van der Waals surface area contributed by atoms with E-state index in [-0.39, 0.29) is 18.2 Å². The maximum atomic E-state index is 13.5. The molecule has 0 saturated heterocycles. The van der Waals surface area contributed by atoms with Crippen LogP contribution in [0.1, 0.15) is 0 Å². The molecule has 9 nitrogen and oxygen atoms in total. The number of nitrogens with one attached hydrogen (secondary N) is 3. The summed E-state index contributed by atoms with van der Waals surface area (Å²) in [4.78, 5) is 34.9. The Morgan fingerprint density at radius 1 is 1.25 bits per heavy atom. The number of amides is 2. The Morgan fingerprint density at radius 2 is 2.06 bits per heavy atom. The smallest absolute Gasteiger partial charge is 0.244 e. The number of nitrogens with zero attached hydrogens (tertiary/aromatic N) is 3. The molecule has 1 aromatic heterocycles. The third kappa shape index (κ3) is 7.40. The normalized spacial score (nSPS) is 10.9. The van der Waals surface area contributed by atoms with Crippen LogP contribution in [0, 0.1) is 18.2 Å². The topological polar surface area (TPSA) is 108 Å². The summed E-state index contributed by atoms with van der Waals surface area (Å²) >= 11 is 5.88. The molecule has 186 valence electrons. The van der Waals surface area contributed by atoms with Gasteiger partial charge >= 0.3 is 0 Å². The number of fused-ring (bicyclic) bond motifs is 1. The van der Waals surface area contributed by atoms with E-state index in [9.17, 15) is 14.0 Å². The van der Waals surface area contributed by atoms with E-state index in [4.69, 9.17) is 22.8 Å². The van der Waals surface area contributed by atoms with Crippen LogP contribution >= 0.6 is 11.6 Å². The van der Waals surface area contributed by atoms with Gasteiger partial charge in [-0.2, -0.15) is 0 Å². The van der Waals surface area contributed by atoms with Gasteiger partial charge < -0.3 is 25.6 Å². The Bertz CT molecular complexity index is 1340. The van der Waals surface area contributed by atoms with Crippen molar-refractivity contribution in [1.29, 1.82) is 0 Å². The fourth-order valence-electron chi connectivity index (χ4n) is 3.02. The molecule has 0 atom stereocenters. The molecule has 0 aliphatic carbocycles. The maximum absolute atomic E-state index is 13.5. The predicted octanol–water partition coefficient (Wildman–Crippen LogP) is 3.35. The Labute approximate surface area is 212 Å². The van der Waals surface area contributed by atoms with E-state index in [1.165, 1.54) is 30.6 Å². The van der Waals surface area contributed by atoms with Crippen LogP contribution in [0.3, 0.4) is 0 Å². The molecule has 0 bridgehead atoms. The SMILES string of the molecule is C#CCOc1cc2ncnc(Nc3ccc(F)c(Cl)c3)c2cc1NC(=O)CNC(=O)/C=C/CN(C)C. The number of terminal acetylenes is 1. The molecule has 0 spiro atoms. The monoisotopic (exact) mass is 510 g/mol. The Balaban J connectivity index is 1.83. The van der Waals surface area contributed by atoms with E-state index in [0.717, 1.165) is 0 Å². The first-order valence-electron chi connectivity index (χ1n) is 10.7. The summed E-state index contributed by atoms with van der Waals surface area (Å²) in [7, 11) is 3.75. The summed E-state index contributed by atoms with van der Waals surface area (Å²) in [6.45, 7) is 0.295. The maximum Gasteiger partial charge on any atom is 0.244 e. The molecule has 0 unspecified atom stereocenters. The van der Waals surface area contributed by atoms with Crippen LogP contribution in [-0.2, 0) is 9.59 Å². The molecule has 3 N–H and O–H groups in total. The van der Waals surface area contributed by atoms with Gasteiger partial charge in [0.1, 0.15) is 30.3 Å². The Kier molecular flexibility index (Phi) is 9.16. The molecule has 0 aliphatic heterocycles. The number of likely N-dealkylation sites (N-methyl/N-ethyl adjacent to an activating group) is 1. The lowest BCUT2D eigenvalue weighted by Crippen LogP contribution is -2.32. The lowest BCUT2D eigenvalue weighted by atomic mass is 10.1. The zero-order valence-corrected chi connectivity index (χ0v) is 20.4. The summed E-state index contributed by atoms with van der Waals surface area (Å²) in [5.74, 6) is 1.63. The van der Waals surface area contributed by atoms with Crippen LogP contribution < -0.4 is 20.7 Å². The van der Waals surface area contributed by atoms with Crippen molar-refractivity contribution in [2.45, 2.75) is 0 Å². The first kappa shape index (κ1) is 26.4. The fourth-order valence-corrected chi connectivity index (χ4v) is 3.20. The van der Waals surface area contributed by atoms with E-state index >= 15 is 0 Å². The van der Waals surface area contributed by atoms with Crippen molar-refractivity contribution in [3.05, 3.63) is 59.7 Å². The summed E-state index contributed by atoms with van der Waals surface area (Å²) in [6.07, 6.45) is 9.71. The van der Waals surface area contributed by atoms with Crippen LogP contribution in [0.2, 0.25) is 5.02 Å². The molecule has 0 fully saturated rings. The minimum Gasteiger partial charge on any atom is -0.479 e. The van der Waals surface area contributed by atoms with Gasteiger partial charge in [0, 0.05) is 29.8 Å². The van der Waals surface area contributed by atoms with Crippen molar-refractivity contribution >= 4 is 51.5 Å². The highest BCUT2D eigenvalue weighted by molar-refractivity contribution is 6.31. The highest BCUT2D eigenvalue weighted by Gasteiger charge is 2.14. The molecule has 1 heterocycles. The number of hydrogen-bond acceptors (Lipinski definition) is 7. The number of anilines is 3. The summed E-state index contributed by atoms with van der Waals surface area (Å²) in [5, 5.41) is 8.80. The van der Waals surface area contributed by atoms with Gasteiger partial charge in [-0.05, 0) is 38.4 Å². The molecule has 2 aromatic carbocycles. The number of halogens is 2. The Morgan fingerprint density at radius 3 is 2.78 bits per heavy atom. The van der Waals surface area contributed by atoms with Gasteiger partial charge in [0.25, 0.3) is 0 Å². The van der Waals surface area contributed by atoms with E-state index < -0.39 is 17.6 Å². The minimum absolute atomic E-state index is 0.0357. The van der Waals surface area contributed by atoms with E-state index in [1.54, 1.807) is 18.2 Å². The molecule has 2 amide bonds. The summed E-state index contributed by atoms with van der Waals surface area (Å²) in [5.41, 5.74) is 1.31. The summed E-state index contributed by atoms with van der Waals surface area (Å²) in [6, 6.07) is 7.39. The van der Waals surface area contributed by atoms with Gasteiger partial charge in [-0.15, -0.1) is 6.42 Å². The number of rotatable bonds is 10. The van der Waals surface area contributed by atoms with Gasteiger partial charge in [0.05, 0.1) is 22.8 Å². The van der Waals surface area contributed by atoms with Gasteiger partial charge in [-0.3, -0.25) is 9.59 Å². The second-order valence-electron chi connectivity index (χ2n) is 7.77. The predicted molar refractivity (Wildman–Crippen MR) is 138 cm³/mol. The van der Waals surface area contributed by atoms with Crippen LogP contribution in [-0.4, -0.2) is 60.5 Å². The van der Waals surface area contributed by atoms with Crippen molar-refractivity contribution in [2.24, 2.45) is 0 Å². The van der Waals surface area contributed by atoms with E-state index in [1.807, 2.05) is 19.0 Å². The van der Waals surface area contributed by atoms with Gasteiger partial charge in [0.15, 0.2) is 0 Å². The molecule has 3 aromatic rings. The van der Waals surface area contributed by atoms with Gasteiger partial charge in [-0.25, -0.2) is 14.4 Å². The first-order valence-corrected chi connectivity index (χ1v) is 11.1. The fraction of sp³-hybridized carbons (Fsp3) is 0.200. The zero-order valence-electron chi connectivity index (χ0n) is 19.6. The number of benzene rings is 2. The summed E-state index contributed by atoms with van der Waals surface area (Å²) < 4.78 is 19.1. The number of hydrogen-bond donors (Lipinski definition) is 3. The van der Waals surface area contributed by atoms with Crippen LogP contribution in [0.4, 0.5) is 21.6 Å². The average Bonchev–Trinajstić information content (AvgIpc) is 2.84. The third-order valence-electron chi connectivity index (χ3n) is 4.67. The quantitative estimate of drug-likeness (QED) is 0.283.